The molecule has 0 unspecified atom stereocenters. The van der Waals surface area contributed by atoms with Gasteiger partial charge in [-0.25, -0.2) is 4.79 Å². The van der Waals surface area contributed by atoms with Gasteiger partial charge < -0.3 is 5.11 Å². The number of rotatable bonds is 4. The van der Waals surface area contributed by atoms with Crippen LogP contribution in [0.3, 0.4) is 0 Å². The van der Waals surface area contributed by atoms with Crippen LogP contribution in [-0.4, -0.2) is 11.1 Å². The first-order valence-electron chi connectivity index (χ1n) is 5.77. The van der Waals surface area contributed by atoms with E-state index in [4.69, 9.17) is 5.11 Å². The van der Waals surface area contributed by atoms with Crippen molar-refractivity contribution in [2.75, 3.05) is 0 Å². The summed E-state index contributed by atoms with van der Waals surface area (Å²) in [5.74, 6) is -0.0429. The van der Waals surface area contributed by atoms with Gasteiger partial charge in [0.05, 0.1) is 5.56 Å². The van der Waals surface area contributed by atoms with Gasteiger partial charge in [0.15, 0.2) is 0 Å². The van der Waals surface area contributed by atoms with E-state index in [1.807, 2.05) is 31.2 Å². The minimum absolute atomic E-state index is 0.376. The molecule has 0 aliphatic heterocycles. The maximum absolute atomic E-state index is 11.1. The summed E-state index contributed by atoms with van der Waals surface area (Å²) in [6, 6.07) is 13.7. The van der Waals surface area contributed by atoms with Crippen LogP contribution < -0.4 is 0 Å². The second-order valence-electron chi connectivity index (χ2n) is 4.20. The zero-order chi connectivity index (χ0) is 13.8. The topological polar surface area (TPSA) is 37.3 Å². The van der Waals surface area contributed by atoms with Crippen LogP contribution in [0, 0.1) is 6.92 Å². The van der Waals surface area contributed by atoms with Crippen molar-refractivity contribution in [2.45, 2.75) is 17.6 Å². The molecule has 0 amide bonds. The van der Waals surface area contributed by atoms with Crippen LogP contribution in [-0.2, 0) is 5.75 Å². The van der Waals surface area contributed by atoms with Gasteiger partial charge in [0.1, 0.15) is 0 Å². The average molecular weight is 337 g/mol. The Bertz CT molecular complexity index is 594. The van der Waals surface area contributed by atoms with Crippen LogP contribution >= 0.6 is 27.7 Å². The highest BCUT2D eigenvalue weighted by Crippen LogP contribution is 2.25. The smallest absolute Gasteiger partial charge is 0.335 e. The number of carboxylic acids is 1. The number of aromatic carboxylic acids is 1. The molecular weight excluding hydrogens is 324 g/mol. The zero-order valence-corrected chi connectivity index (χ0v) is 12.8. The van der Waals surface area contributed by atoms with E-state index < -0.39 is 5.97 Å². The predicted molar refractivity (Wildman–Crippen MR) is 81.8 cm³/mol. The lowest BCUT2D eigenvalue weighted by Crippen LogP contribution is -1.99. The fourth-order valence-electron chi connectivity index (χ4n) is 1.67. The van der Waals surface area contributed by atoms with E-state index in [1.165, 1.54) is 5.56 Å². The standard InChI is InChI=1S/C15H13BrO2S/c1-10-2-7-13(8-14(10)15(17)18)19-9-11-3-5-12(16)6-4-11/h2-8H,9H2,1H3,(H,17,18). The first-order chi connectivity index (χ1) is 9.06. The molecule has 4 heteroatoms. The fraction of sp³-hybridized carbons (Fsp3) is 0.133. The summed E-state index contributed by atoms with van der Waals surface area (Å²) in [6.07, 6.45) is 0. The third-order valence-electron chi connectivity index (χ3n) is 2.76. The van der Waals surface area contributed by atoms with Gasteiger partial charge in [-0.05, 0) is 42.3 Å². The van der Waals surface area contributed by atoms with Crippen LogP contribution in [0.4, 0.5) is 0 Å². The Kier molecular flexibility index (Phi) is 4.66. The number of halogens is 1. The van der Waals surface area contributed by atoms with Gasteiger partial charge >= 0.3 is 5.97 Å². The number of thioether (sulfide) groups is 1. The molecule has 98 valence electrons. The fourth-order valence-corrected chi connectivity index (χ4v) is 2.82. The van der Waals surface area contributed by atoms with Gasteiger partial charge in [-0.15, -0.1) is 11.8 Å². The van der Waals surface area contributed by atoms with Crippen molar-refractivity contribution >= 4 is 33.7 Å². The predicted octanol–water partition coefficient (Wildman–Crippen LogP) is 4.75. The summed E-state index contributed by atoms with van der Waals surface area (Å²) in [5, 5.41) is 9.09. The summed E-state index contributed by atoms with van der Waals surface area (Å²) in [4.78, 5) is 12.0. The summed E-state index contributed by atoms with van der Waals surface area (Å²) in [5.41, 5.74) is 2.38. The lowest BCUT2D eigenvalue weighted by atomic mass is 10.1. The number of carbonyl (C=O) groups is 1. The molecule has 2 aromatic carbocycles. The van der Waals surface area contributed by atoms with E-state index in [1.54, 1.807) is 17.8 Å². The molecule has 2 aromatic rings. The van der Waals surface area contributed by atoms with Crippen LogP contribution in [0.15, 0.2) is 51.8 Å². The van der Waals surface area contributed by atoms with Gasteiger partial charge in [0.2, 0.25) is 0 Å². The molecule has 0 saturated heterocycles. The molecule has 0 aliphatic carbocycles. The zero-order valence-electron chi connectivity index (χ0n) is 10.4. The molecule has 0 aromatic heterocycles. The highest BCUT2D eigenvalue weighted by molar-refractivity contribution is 9.10. The van der Waals surface area contributed by atoms with Crippen LogP contribution in [0.2, 0.25) is 0 Å². The maximum atomic E-state index is 11.1. The molecule has 0 aliphatic rings. The number of aryl methyl sites for hydroxylation is 1. The molecule has 0 saturated carbocycles. The summed E-state index contributed by atoms with van der Waals surface area (Å²) in [7, 11) is 0. The Morgan fingerprint density at radius 2 is 1.89 bits per heavy atom. The van der Waals surface area contributed by atoms with Gasteiger partial charge in [-0.1, -0.05) is 34.1 Å². The SMILES string of the molecule is Cc1ccc(SCc2ccc(Br)cc2)cc1C(=O)O. The molecule has 0 spiro atoms. The summed E-state index contributed by atoms with van der Waals surface area (Å²) < 4.78 is 1.06. The van der Waals surface area contributed by atoms with Gasteiger partial charge in [0, 0.05) is 15.1 Å². The second kappa shape index (κ2) is 6.26. The molecule has 0 heterocycles. The molecule has 2 rings (SSSR count). The molecular formula is C15H13BrO2S. The first kappa shape index (κ1) is 14.2. The number of hydrogen-bond donors (Lipinski definition) is 1. The quantitative estimate of drug-likeness (QED) is 0.818. The molecule has 0 radical (unpaired) electrons. The van der Waals surface area contributed by atoms with Crippen molar-refractivity contribution in [1.82, 2.24) is 0 Å². The largest absolute Gasteiger partial charge is 0.478 e. The van der Waals surface area contributed by atoms with E-state index in [0.717, 1.165) is 20.7 Å². The second-order valence-corrected chi connectivity index (χ2v) is 6.16. The normalized spacial score (nSPS) is 10.4. The Hall–Kier alpha value is -1.26. The maximum Gasteiger partial charge on any atom is 0.335 e. The summed E-state index contributed by atoms with van der Waals surface area (Å²) in [6.45, 7) is 1.81. The number of benzene rings is 2. The van der Waals surface area contributed by atoms with Gasteiger partial charge in [-0.2, -0.15) is 0 Å². The van der Waals surface area contributed by atoms with Crippen molar-refractivity contribution in [3.63, 3.8) is 0 Å². The molecule has 0 bridgehead atoms. The first-order valence-corrected chi connectivity index (χ1v) is 7.55. The van der Waals surface area contributed by atoms with E-state index in [2.05, 4.69) is 28.1 Å². The van der Waals surface area contributed by atoms with Crippen molar-refractivity contribution < 1.29 is 9.90 Å². The van der Waals surface area contributed by atoms with E-state index in [0.29, 0.717) is 5.56 Å². The molecule has 1 N–H and O–H groups in total. The minimum Gasteiger partial charge on any atom is -0.478 e. The highest BCUT2D eigenvalue weighted by Gasteiger charge is 2.08. The van der Waals surface area contributed by atoms with Crippen molar-refractivity contribution in [1.29, 1.82) is 0 Å². The molecule has 2 nitrogen and oxygen atoms in total. The van der Waals surface area contributed by atoms with E-state index >= 15 is 0 Å². The van der Waals surface area contributed by atoms with Crippen LogP contribution in [0.25, 0.3) is 0 Å². The Morgan fingerprint density at radius 1 is 1.21 bits per heavy atom. The lowest BCUT2D eigenvalue weighted by molar-refractivity contribution is 0.0696. The van der Waals surface area contributed by atoms with Crippen molar-refractivity contribution in [3.8, 4) is 0 Å². The Morgan fingerprint density at radius 3 is 2.53 bits per heavy atom. The van der Waals surface area contributed by atoms with Gasteiger partial charge in [-0.3, -0.25) is 0 Å². The molecule has 0 fully saturated rings. The highest BCUT2D eigenvalue weighted by atomic mass is 79.9. The minimum atomic E-state index is -0.872. The van der Waals surface area contributed by atoms with E-state index in [9.17, 15) is 4.79 Å². The number of carboxylic acid groups (broad SMARTS) is 1. The molecule has 0 atom stereocenters. The lowest BCUT2D eigenvalue weighted by Gasteiger charge is -2.06. The summed E-state index contributed by atoms with van der Waals surface area (Å²) >= 11 is 5.04. The van der Waals surface area contributed by atoms with Crippen molar-refractivity contribution in [3.05, 3.63) is 63.6 Å². The Balaban J connectivity index is 2.09. The Labute approximate surface area is 125 Å². The average Bonchev–Trinajstić information content (AvgIpc) is 2.39. The molecule has 19 heavy (non-hydrogen) atoms. The van der Waals surface area contributed by atoms with Crippen LogP contribution in [0.5, 0.6) is 0 Å². The van der Waals surface area contributed by atoms with Crippen molar-refractivity contribution in [2.24, 2.45) is 0 Å². The van der Waals surface area contributed by atoms with Gasteiger partial charge in [0.25, 0.3) is 0 Å². The third kappa shape index (κ3) is 3.85. The number of hydrogen-bond acceptors (Lipinski definition) is 2. The third-order valence-corrected chi connectivity index (χ3v) is 4.35. The van der Waals surface area contributed by atoms with Crippen LogP contribution in [0.1, 0.15) is 21.5 Å². The van der Waals surface area contributed by atoms with E-state index in [-0.39, 0.29) is 0 Å². The monoisotopic (exact) mass is 336 g/mol.